The number of carbonyl (C=O) groups is 1. The summed E-state index contributed by atoms with van der Waals surface area (Å²) in [5.74, 6) is -0.113. The van der Waals surface area contributed by atoms with E-state index in [0.717, 1.165) is 27.6 Å². The number of hydrogen-bond acceptors (Lipinski definition) is 5. The summed E-state index contributed by atoms with van der Waals surface area (Å²) < 4.78 is 9.74. The smallest absolute Gasteiger partial charge is 0.338 e. The Labute approximate surface area is 269 Å². The molecular weight excluding hydrogens is 613 g/mol. The predicted molar refractivity (Wildman–Crippen MR) is 178 cm³/mol. The normalized spacial score (nSPS) is 15.2. The zero-order chi connectivity index (χ0) is 31.1. The third-order valence-corrected chi connectivity index (χ3v) is 9.60. The van der Waals surface area contributed by atoms with Crippen LogP contribution in [0.4, 0.5) is 0 Å². The number of aromatic nitrogens is 2. The average molecular weight is 645 g/mol. The number of carbonyl (C=O) groups excluding carboxylic acids is 1. The third kappa shape index (κ3) is 5.56. The van der Waals surface area contributed by atoms with Gasteiger partial charge in [0.1, 0.15) is 0 Å². The molecule has 224 valence electrons. The highest BCUT2D eigenvalue weighted by atomic mass is 35.5. The lowest BCUT2D eigenvalue weighted by Gasteiger charge is -2.25. The molecule has 0 fully saturated rings. The van der Waals surface area contributed by atoms with Crippen LogP contribution in [0.3, 0.4) is 0 Å². The Morgan fingerprint density at radius 3 is 2.52 bits per heavy atom. The van der Waals surface area contributed by atoms with Gasteiger partial charge in [0.05, 0.1) is 38.5 Å². The maximum absolute atomic E-state index is 14.2. The van der Waals surface area contributed by atoms with Crippen molar-refractivity contribution in [3.63, 3.8) is 0 Å². The van der Waals surface area contributed by atoms with Gasteiger partial charge in [0, 0.05) is 29.2 Å². The van der Waals surface area contributed by atoms with Gasteiger partial charge in [-0.05, 0) is 60.7 Å². The number of thiazole rings is 1. The summed E-state index contributed by atoms with van der Waals surface area (Å²) >= 11 is 13.7. The molecule has 0 spiro atoms. The van der Waals surface area contributed by atoms with Crippen molar-refractivity contribution in [2.75, 3.05) is 6.61 Å². The van der Waals surface area contributed by atoms with E-state index in [1.54, 1.807) is 24.5 Å². The Morgan fingerprint density at radius 1 is 1.07 bits per heavy atom. The molecule has 0 unspecified atom stereocenters. The summed E-state index contributed by atoms with van der Waals surface area (Å²) in [6.07, 6.45) is 3.96. The van der Waals surface area contributed by atoms with Crippen LogP contribution in [0.1, 0.15) is 61.9 Å². The summed E-state index contributed by atoms with van der Waals surface area (Å²) in [5.41, 5.74) is 5.67. The quantitative estimate of drug-likeness (QED) is 0.176. The molecule has 1 aliphatic heterocycles. The van der Waals surface area contributed by atoms with Crippen LogP contribution in [0.2, 0.25) is 10.0 Å². The van der Waals surface area contributed by atoms with Gasteiger partial charge in [0.25, 0.3) is 5.56 Å². The van der Waals surface area contributed by atoms with E-state index >= 15 is 0 Å². The van der Waals surface area contributed by atoms with Crippen LogP contribution in [0, 0.1) is 0 Å². The first-order valence-corrected chi connectivity index (χ1v) is 16.0. The fraction of sp³-hybridized carbons (Fsp3) is 0.229. The highest BCUT2D eigenvalue weighted by Gasteiger charge is 2.33. The van der Waals surface area contributed by atoms with Crippen molar-refractivity contribution in [3.05, 3.63) is 136 Å². The molecule has 5 aromatic rings. The Morgan fingerprint density at radius 2 is 1.82 bits per heavy atom. The fourth-order valence-corrected chi connectivity index (χ4v) is 7.03. The van der Waals surface area contributed by atoms with Gasteiger partial charge in [-0.25, -0.2) is 9.79 Å². The topological polar surface area (TPSA) is 65.6 Å². The molecule has 6 rings (SSSR count). The second-order valence-electron chi connectivity index (χ2n) is 11.1. The maximum atomic E-state index is 14.2. The Bertz CT molecular complexity index is 2120. The van der Waals surface area contributed by atoms with Gasteiger partial charge in [0.15, 0.2) is 4.80 Å². The number of para-hydroxylation sites is 1. The maximum Gasteiger partial charge on any atom is 0.338 e. The van der Waals surface area contributed by atoms with E-state index in [4.69, 9.17) is 32.9 Å². The number of allylic oxidation sites excluding steroid dienone is 1. The van der Waals surface area contributed by atoms with Gasteiger partial charge in [-0.2, -0.15) is 0 Å². The number of hydrogen-bond donors (Lipinski definition) is 0. The highest BCUT2D eigenvalue weighted by Crippen LogP contribution is 2.32. The van der Waals surface area contributed by atoms with E-state index in [-0.39, 0.29) is 12.2 Å². The van der Waals surface area contributed by atoms with Crippen LogP contribution in [-0.2, 0) is 16.1 Å². The van der Waals surface area contributed by atoms with Crippen LogP contribution in [0.15, 0.2) is 94.0 Å². The molecule has 0 saturated heterocycles. The van der Waals surface area contributed by atoms with Gasteiger partial charge >= 0.3 is 5.97 Å². The van der Waals surface area contributed by atoms with E-state index < -0.39 is 12.0 Å². The number of nitrogens with zero attached hydrogens (tertiary/aromatic N) is 3. The standard InChI is InChI=1S/C35H31Cl2N3O3S/c1-5-43-34(42)31-21(4)38-35-40(32(31)24-13-11-23(12-14-24)20(2)3)33(41)30(44-35)17-25-19-39(29-9-7-6-8-26(25)29)18-22-10-15-27(36)28(37)16-22/h6-17,19-20,32H,5,18H2,1-4H3/b30-17+/t32-/m1/s1. The lowest BCUT2D eigenvalue weighted by molar-refractivity contribution is -0.139. The van der Waals surface area contributed by atoms with Gasteiger partial charge in [-0.3, -0.25) is 9.36 Å². The molecule has 1 aliphatic rings. The zero-order valence-electron chi connectivity index (χ0n) is 24.8. The molecule has 6 nitrogen and oxygen atoms in total. The highest BCUT2D eigenvalue weighted by molar-refractivity contribution is 7.07. The summed E-state index contributed by atoms with van der Waals surface area (Å²) in [6.45, 7) is 8.65. The molecule has 0 bridgehead atoms. The third-order valence-electron chi connectivity index (χ3n) is 7.88. The van der Waals surface area contributed by atoms with Crippen molar-refractivity contribution in [2.45, 2.75) is 46.2 Å². The van der Waals surface area contributed by atoms with Gasteiger partial charge in [0.2, 0.25) is 0 Å². The number of benzene rings is 3. The zero-order valence-corrected chi connectivity index (χ0v) is 27.1. The largest absolute Gasteiger partial charge is 0.463 e. The molecule has 44 heavy (non-hydrogen) atoms. The van der Waals surface area contributed by atoms with Crippen LogP contribution < -0.4 is 14.9 Å². The monoisotopic (exact) mass is 643 g/mol. The van der Waals surface area contributed by atoms with Crippen LogP contribution in [0.5, 0.6) is 0 Å². The second-order valence-corrected chi connectivity index (χ2v) is 12.9. The van der Waals surface area contributed by atoms with Gasteiger partial charge < -0.3 is 9.30 Å². The summed E-state index contributed by atoms with van der Waals surface area (Å²) in [4.78, 5) is 32.7. The van der Waals surface area contributed by atoms with Crippen molar-refractivity contribution in [1.29, 1.82) is 0 Å². The molecule has 0 N–H and O–H groups in total. The predicted octanol–water partition coefficient (Wildman–Crippen LogP) is 7.23. The number of rotatable bonds is 7. The number of fused-ring (bicyclic) bond motifs is 2. The van der Waals surface area contributed by atoms with E-state index in [0.29, 0.717) is 43.1 Å². The molecular formula is C35H31Cl2N3O3S. The van der Waals surface area contributed by atoms with Crippen molar-refractivity contribution in [3.8, 4) is 0 Å². The molecule has 3 aromatic carbocycles. The van der Waals surface area contributed by atoms with E-state index in [1.165, 1.54) is 16.9 Å². The lowest BCUT2D eigenvalue weighted by Crippen LogP contribution is -2.39. The van der Waals surface area contributed by atoms with Crippen molar-refractivity contribution < 1.29 is 9.53 Å². The minimum Gasteiger partial charge on any atom is -0.463 e. The van der Waals surface area contributed by atoms with E-state index in [9.17, 15) is 9.59 Å². The van der Waals surface area contributed by atoms with Crippen LogP contribution in [-0.4, -0.2) is 21.7 Å². The Balaban J connectivity index is 1.50. The van der Waals surface area contributed by atoms with Gasteiger partial charge in [-0.15, -0.1) is 0 Å². The summed E-state index contributed by atoms with van der Waals surface area (Å²) in [7, 11) is 0. The minimum absolute atomic E-state index is 0.206. The van der Waals surface area contributed by atoms with Crippen molar-refractivity contribution in [2.24, 2.45) is 4.99 Å². The molecule has 3 heterocycles. The lowest BCUT2D eigenvalue weighted by atomic mass is 9.93. The molecule has 2 aromatic heterocycles. The fourth-order valence-electron chi connectivity index (χ4n) is 5.67. The number of esters is 1. The summed E-state index contributed by atoms with van der Waals surface area (Å²) in [6, 6.07) is 21.1. The molecule has 0 saturated carbocycles. The van der Waals surface area contributed by atoms with Gasteiger partial charge in [-0.1, -0.05) is 96.9 Å². The molecule has 9 heteroatoms. The van der Waals surface area contributed by atoms with E-state index in [1.807, 2.05) is 54.7 Å². The number of halogens is 2. The second kappa shape index (κ2) is 12.2. The first kappa shape index (κ1) is 30.1. The van der Waals surface area contributed by atoms with Crippen molar-refractivity contribution in [1.82, 2.24) is 9.13 Å². The van der Waals surface area contributed by atoms with Crippen molar-refractivity contribution >= 4 is 57.5 Å². The minimum atomic E-state index is -0.648. The number of ether oxygens (including phenoxy) is 1. The molecule has 0 radical (unpaired) electrons. The van der Waals surface area contributed by atoms with E-state index in [2.05, 4.69) is 36.6 Å². The Kier molecular flexibility index (Phi) is 8.38. The SMILES string of the molecule is CCOC(=O)C1=C(C)N=c2s/c(=C/c3cn(Cc4ccc(Cl)c(Cl)c4)c4ccccc34)c(=O)n2[C@@H]1c1ccc(C(C)C)cc1. The van der Waals surface area contributed by atoms with Crippen LogP contribution in [0.25, 0.3) is 17.0 Å². The van der Waals surface area contributed by atoms with Crippen LogP contribution >= 0.6 is 34.5 Å². The Hall–Kier alpha value is -3.91. The summed E-state index contributed by atoms with van der Waals surface area (Å²) in [5, 5.41) is 2.04. The molecule has 0 amide bonds. The average Bonchev–Trinajstić information content (AvgIpc) is 3.50. The first-order valence-electron chi connectivity index (χ1n) is 14.5. The molecule has 0 aliphatic carbocycles. The first-order chi connectivity index (χ1) is 21.2. The molecule has 1 atom stereocenters.